The number of rotatable bonds is 8. The van der Waals surface area contributed by atoms with E-state index >= 15 is 0 Å². The lowest BCUT2D eigenvalue weighted by molar-refractivity contribution is -0.140. The van der Waals surface area contributed by atoms with Crippen LogP contribution in [0.5, 0.6) is 0 Å². The molecule has 1 aliphatic rings. The molecular weight excluding hydrogens is 424 g/mol. The molecule has 1 N–H and O–H groups in total. The van der Waals surface area contributed by atoms with Gasteiger partial charge in [0.2, 0.25) is 0 Å². The second-order valence-electron chi connectivity index (χ2n) is 7.49. The van der Waals surface area contributed by atoms with Gasteiger partial charge >= 0.3 is 5.97 Å². The van der Waals surface area contributed by atoms with E-state index in [-0.39, 0.29) is 18.2 Å². The Balaban J connectivity index is 1.76. The van der Waals surface area contributed by atoms with E-state index in [0.717, 1.165) is 16.8 Å². The Labute approximate surface area is 190 Å². The normalized spacial score (nSPS) is 16.1. The van der Waals surface area contributed by atoms with Crippen LogP contribution in [0.3, 0.4) is 0 Å². The van der Waals surface area contributed by atoms with Gasteiger partial charge in [0.05, 0.1) is 18.0 Å². The molecule has 0 aliphatic heterocycles. The minimum absolute atomic E-state index is 0.155. The quantitative estimate of drug-likeness (QED) is 0.477. The van der Waals surface area contributed by atoms with Crippen molar-refractivity contribution >= 4 is 28.4 Å². The molecule has 6 nitrogen and oxygen atoms in total. The molecule has 2 atom stereocenters. The largest absolute Gasteiger partial charge is 0.469 e. The minimum atomic E-state index is -1.51. The molecule has 3 rings (SSSR count). The lowest BCUT2D eigenvalue weighted by Crippen LogP contribution is -2.19. The number of hydrogen-bond acceptors (Lipinski definition) is 5. The zero-order valence-corrected chi connectivity index (χ0v) is 19.1. The molecule has 1 heterocycles. The highest BCUT2D eigenvalue weighted by Crippen LogP contribution is 2.23. The predicted molar refractivity (Wildman–Crippen MR) is 127 cm³/mol. The van der Waals surface area contributed by atoms with Crippen LogP contribution in [0, 0.1) is 13.8 Å². The first kappa shape index (κ1) is 23.3. The van der Waals surface area contributed by atoms with Crippen molar-refractivity contribution in [2.75, 3.05) is 11.8 Å². The number of ketones is 1. The number of anilines is 1. The van der Waals surface area contributed by atoms with Gasteiger partial charge in [-0.1, -0.05) is 42.0 Å². The third kappa shape index (κ3) is 6.11. The number of allylic oxidation sites excluding steroid dienone is 4. The summed E-state index contributed by atoms with van der Waals surface area (Å²) in [6, 6.07) is 8.86. The standard InChI is InChI=1S/C25H26N2O4S/c1-17-7-11-23(22(15-17)25(29)20-13-14-26-18(2)16-20)27-32(30)21-6-4-5-19(8-10-21)9-12-24(28)31-3/h4-8,10-11,13-16,21,27H,9,12H2,1-3H3. The number of aryl methyl sites for hydroxylation is 2. The van der Waals surface area contributed by atoms with Gasteiger partial charge in [-0.3, -0.25) is 14.6 Å². The zero-order chi connectivity index (χ0) is 23.1. The number of benzene rings is 1. The van der Waals surface area contributed by atoms with Crippen LogP contribution in [0.15, 0.2) is 72.5 Å². The van der Waals surface area contributed by atoms with Crippen LogP contribution in [0.4, 0.5) is 5.69 Å². The molecule has 7 heteroatoms. The molecule has 1 aromatic heterocycles. The third-order valence-electron chi connectivity index (χ3n) is 4.99. The van der Waals surface area contributed by atoms with Crippen LogP contribution in [0.1, 0.15) is 40.0 Å². The molecule has 0 radical (unpaired) electrons. The van der Waals surface area contributed by atoms with Crippen LogP contribution in [-0.4, -0.2) is 33.3 Å². The average Bonchev–Trinajstić information content (AvgIpc) is 3.04. The van der Waals surface area contributed by atoms with E-state index in [1.807, 2.05) is 50.3 Å². The summed E-state index contributed by atoms with van der Waals surface area (Å²) < 4.78 is 20.8. The van der Waals surface area contributed by atoms with Crippen molar-refractivity contribution in [3.63, 3.8) is 0 Å². The molecular formula is C25H26N2O4S. The van der Waals surface area contributed by atoms with E-state index in [4.69, 9.17) is 0 Å². The topological polar surface area (TPSA) is 85.4 Å². The number of carbonyl (C=O) groups is 2. The number of ether oxygens (including phenoxy) is 1. The Kier molecular flexibility index (Phi) is 7.89. The first-order chi connectivity index (χ1) is 15.4. The van der Waals surface area contributed by atoms with Crippen LogP contribution in [0.25, 0.3) is 0 Å². The van der Waals surface area contributed by atoms with Gasteiger partial charge in [-0.2, -0.15) is 0 Å². The van der Waals surface area contributed by atoms with Crippen molar-refractivity contribution in [2.24, 2.45) is 0 Å². The lowest BCUT2D eigenvalue weighted by Gasteiger charge is -2.14. The molecule has 1 aliphatic carbocycles. The maximum Gasteiger partial charge on any atom is 0.305 e. The van der Waals surface area contributed by atoms with Gasteiger partial charge in [-0.15, -0.1) is 0 Å². The summed E-state index contributed by atoms with van der Waals surface area (Å²) in [7, 11) is -0.140. The molecule has 0 saturated heterocycles. The Morgan fingerprint density at radius 2 is 1.97 bits per heavy atom. The molecule has 166 valence electrons. The molecule has 2 aromatic rings. The molecule has 0 saturated carbocycles. The Hall–Kier alpha value is -3.32. The van der Waals surface area contributed by atoms with E-state index < -0.39 is 16.2 Å². The van der Waals surface area contributed by atoms with E-state index in [1.54, 1.807) is 30.5 Å². The fourth-order valence-corrected chi connectivity index (χ4v) is 4.22. The van der Waals surface area contributed by atoms with E-state index in [0.29, 0.717) is 23.2 Å². The second-order valence-corrected chi connectivity index (χ2v) is 8.83. The zero-order valence-electron chi connectivity index (χ0n) is 18.3. The summed E-state index contributed by atoms with van der Waals surface area (Å²) in [6.45, 7) is 3.74. The molecule has 0 amide bonds. The number of aromatic nitrogens is 1. The number of esters is 1. The lowest BCUT2D eigenvalue weighted by atomic mass is 10.0. The van der Waals surface area contributed by atoms with Crippen molar-refractivity contribution in [3.8, 4) is 0 Å². The third-order valence-corrected chi connectivity index (χ3v) is 6.22. The Bertz CT molecular complexity index is 1130. The highest BCUT2D eigenvalue weighted by atomic mass is 32.2. The summed E-state index contributed by atoms with van der Waals surface area (Å²) in [5.74, 6) is -0.423. The van der Waals surface area contributed by atoms with Crippen LogP contribution in [-0.2, 0) is 20.5 Å². The number of nitrogens with zero attached hydrogens (tertiary/aromatic N) is 1. The number of pyridine rings is 1. The highest BCUT2D eigenvalue weighted by molar-refractivity contribution is 7.87. The van der Waals surface area contributed by atoms with Crippen molar-refractivity contribution in [3.05, 3.63) is 94.9 Å². The second kappa shape index (κ2) is 10.8. The number of hydrogen-bond donors (Lipinski definition) is 1. The van der Waals surface area contributed by atoms with Gasteiger partial charge in [-0.05, 0) is 50.1 Å². The number of carbonyl (C=O) groups excluding carboxylic acids is 2. The summed E-state index contributed by atoms with van der Waals surface area (Å²) >= 11 is 0. The maximum atomic E-state index is 13.1. The van der Waals surface area contributed by atoms with E-state index in [9.17, 15) is 13.8 Å². The van der Waals surface area contributed by atoms with Gasteiger partial charge in [0.1, 0.15) is 11.0 Å². The fraction of sp³-hybridized carbons (Fsp3) is 0.240. The van der Waals surface area contributed by atoms with Gasteiger partial charge in [0.15, 0.2) is 5.78 Å². The summed E-state index contributed by atoms with van der Waals surface area (Å²) in [5, 5.41) is -0.394. The minimum Gasteiger partial charge on any atom is -0.469 e. The first-order valence-electron chi connectivity index (χ1n) is 10.2. The van der Waals surface area contributed by atoms with Gasteiger partial charge < -0.3 is 9.46 Å². The fourth-order valence-electron chi connectivity index (χ4n) is 3.24. The molecule has 2 unspecified atom stereocenters. The average molecular weight is 451 g/mol. The van der Waals surface area contributed by atoms with Crippen molar-refractivity contribution in [2.45, 2.75) is 31.9 Å². The molecule has 0 spiro atoms. The van der Waals surface area contributed by atoms with Gasteiger partial charge in [-0.25, -0.2) is 4.21 Å². The molecule has 1 aromatic carbocycles. The monoisotopic (exact) mass is 450 g/mol. The SMILES string of the molecule is COC(=O)CCC1=CC=CC(S(=O)Nc2ccc(C)cc2C(=O)c2ccnc(C)c2)C=C1. The Morgan fingerprint density at radius 3 is 2.72 bits per heavy atom. The van der Waals surface area contributed by atoms with E-state index in [1.165, 1.54) is 7.11 Å². The molecule has 32 heavy (non-hydrogen) atoms. The smallest absolute Gasteiger partial charge is 0.305 e. The van der Waals surface area contributed by atoms with Gasteiger partial charge in [0.25, 0.3) is 0 Å². The summed E-state index contributed by atoms with van der Waals surface area (Å²) in [5.41, 5.74) is 4.15. The van der Waals surface area contributed by atoms with Crippen LogP contribution >= 0.6 is 0 Å². The predicted octanol–water partition coefficient (Wildman–Crippen LogP) is 4.38. The first-order valence-corrected chi connectivity index (χ1v) is 11.5. The van der Waals surface area contributed by atoms with Crippen LogP contribution < -0.4 is 4.72 Å². The van der Waals surface area contributed by atoms with Crippen LogP contribution in [0.2, 0.25) is 0 Å². The van der Waals surface area contributed by atoms with E-state index in [2.05, 4.69) is 14.4 Å². The highest BCUT2D eigenvalue weighted by Gasteiger charge is 2.18. The number of methoxy groups -OCH3 is 1. The number of nitrogens with one attached hydrogen (secondary N) is 1. The van der Waals surface area contributed by atoms with Crippen molar-refractivity contribution in [1.82, 2.24) is 4.98 Å². The van der Waals surface area contributed by atoms with Crippen molar-refractivity contribution < 1.29 is 18.5 Å². The Morgan fingerprint density at radius 1 is 1.16 bits per heavy atom. The van der Waals surface area contributed by atoms with Gasteiger partial charge in [0, 0.05) is 29.4 Å². The molecule has 0 bridgehead atoms. The summed E-state index contributed by atoms with van der Waals surface area (Å²) in [6.07, 6.45) is 11.7. The molecule has 0 fully saturated rings. The van der Waals surface area contributed by atoms with Crippen molar-refractivity contribution in [1.29, 1.82) is 0 Å². The maximum absolute atomic E-state index is 13.1. The summed E-state index contributed by atoms with van der Waals surface area (Å²) in [4.78, 5) is 28.7.